The van der Waals surface area contributed by atoms with Crippen LogP contribution in [0.1, 0.15) is 38.2 Å². The van der Waals surface area contributed by atoms with E-state index < -0.39 is 5.54 Å². The van der Waals surface area contributed by atoms with Crippen LogP contribution < -0.4 is 15.1 Å². The van der Waals surface area contributed by atoms with Crippen LogP contribution in [0.5, 0.6) is 0 Å². The molecule has 2 saturated heterocycles. The number of hydrogen-bond donors (Lipinski definition) is 3. The molecule has 3 N–H and O–H groups in total. The number of carbonyl (C=O) groups is 2. The summed E-state index contributed by atoms with van der Waals surface area (Å²) in [6, 6.07) is 7.86. The Hall–Kier alpha value is -1.63. The van der Waals surface area contributed by atoms with E-state index in [1.165, 1.54) is 20.3 Å². The van der Waals surface area contributed by atoms with Gasteiger partial charge in [-0.05, 0) is 30.9 Å². The Morgan fingerprint density at radius 2 is 1.93 bits per heavy atom. The molecular weight excluding hydrogens is 376 g/mol. The molecule has 1 saturated carbocycles. The van der Waals surface area contributed by atoms with E-state index in [9.17, 15) is 9.59 Å². The number of benzene rings is 1. The van der Waals surface area contributed by atoms with E-state index in [0.29, 0.717) is 6.67 Å². The van der Waals surface area contributed by atoms with E-state index in [2.05, 4.69) is 18.3 Å². The van der Waals surface area contributed by atoms with Crippen molar-refractivity contribution >= 4 is 23.5 Å². The summed E-state index contributed by atoms with van der Waals surface area (Å²) in [5.74, 6) is 0.225. The number of quaternary nitrogens is 2. The summed E-state index contributed by atoms with van der Waals surface area (Å²) < 4.78 is 0. The van der Waals surface area contributed by atoms with Gasteiger partial charge in [-0.25, -0.2) is 9.69 Å². The zero-order chi connectivity index (χ0) is 19.7. The molecule has 0 aromatic heterocycles. The molecule has 2 heterocycles. The first-order chi connectivity index (χ1) is 13.5. The smallest absolute Gasteiger partial charge is 0.323 e. The van der Waals surface area contributed by atoms with Gasteiger partial charge in [0.2, 0.25) is 0 Å². The highest BCUT2D eigenvalue weighted by molar-refractivity contribution is 6.30. The van der Waals surface area contributed by atoms with Crippen LogP contribution in [-0.2, 0) is 11.3 Å². The van der Waals surface area contributed by atoms with E-state index in [1.807, 2.05) is 18.2 Å². The molecule has 2 atom stereocenters. The second-order valence-corrected chi connectivity index (χ2v) is 9.18. The van der Waals surface area contributed by atoms with Crippen LogP contribution in [0, 0.1) is 5.92 Å². The summed E-state index contributed by atoms with van der Waals surface area (Å²) in [6.45, 7) is 7.57. The predicted octanol–water partition coefficient (Wildman–Crippen LogP) is 0.0816. The molecule has 0 unspecified atom stereocenters. The van der Waals surface area contributed by atoms with Crippen LogP contribution in [0.15, 0.2) is 24.3 Å². The van der Waals surface area contributed by atoms with Crippen molar-refractivity contribution in [1.82, 2.24) is 10.2 Å². The van der Waals surface area contributed by atoms with Crippen molar-refractivity contribution in [3.05, 3.63) is 34.9 Å². The maximum atomic E-state index is 13.1. The van der Waals surface area contributed by atoms with E-state index in [4.69, 9.17) is 11.6 Å². The largest absolute Gasteiger partial charge is 0.329 e. The number of nitrogens with one attached hydrogen (secondary N) is 3. The van der Waals surface area contributed by atoms with Gasteiger partial charge in [-0.1, -0.05) is 43.5 Å². The van der Waals surface area contributed by atoms with E-state index in [0.717, 1.165) is 63.4 Å². The van der Waals surface area contributed by atoms with Gasteiger partial charge in [0, 0.05) is 10.6 Å². The van der Waals surface area contributed by atoms with Gasteiger partial charge in [0.25, 0.3) is 5.91 Å². The lowest BCUT2D eigenvalue weighted by Gasteiger charge is -2.37. The standard InChI is InChI=1S/C21H29ClN4O2/c1-16-5-2-3-8-21(16)19(27)26(20(28)23-21)15-25-11-9-24(10-12-25)14-17-6-4-7-18(22)13-17/h4,6-7,13,16H,2-3,5,8-12,14-15H2,1H3,(H,23,28)/p+2/t16-,21-/m1/s1. The summed E-state index contributed by atoms with van der Waals surface area (Å²) >= 11 is 6.09. The second-order valence-electron chi connectivity index (χ2n) is 8.75. The lowest BCUT2D eigenvalue weighted by Crippen LogP contribution is -3.28. The van der Waals surface area contributed by atoms with E-state index in [-0.39, 0.29) is 17.9 Å². The number of amides is 3. The maximum Gasteiger partial charge on any atom is 0.329 e. The molecule has 3 amide bonds. The zero-order valence-corrected chi connectivity index (χ0v) is 17.4. The molecule has 2 aliphatic heterocycles. The summed E-state index contributed by atoms with van der Waals surface area (Å²) in [5.41, 5.74) is 0.613. The molecule has 28 heavy (non-hydrogen) atoms. The SMILES string of the molecule is C[C@@H]1CCCC[C@@]12NC(=O)N(C[NH+]1CC[NH+](Cc3cccc(Cl)c3)CC1)C2=O. The van der Waals surface area contributed by atoms with Crippen molar-refractivity contribution < 1.29 is 19.4 Å². The minimum atomic E-state index is -0.644. The van der Waals surface area contributed by atoms with Gasteiger partial charge in [0.1, 0.15) is 38.3 Å². The number of rotatable bonds is 4. The Balaban J connectivity index is 1.32. The second kappa shape index (κ2) is 8.01. The van der Waals surface area contributed by atoms with Crippen LogP contribution in [0.3, 0.4) is 0 Å². The number of piperazine rings is 1. The number of nitrogens with zero attached hydrogens (tertiary/aromatic N) is 1. The third kappa shape index (κ3) is 3.78. The lowest BCUT2D eigenvalue weighted by atomic mass is 9.73. The molecule has 1 aromatic rings. The van der Waals surface area contributed by atoms with Gasteiger partial charge in [0.05, 0.1) is 0 Å². The van der Waals surface area contributed by atoms with Gasteiger partial charge in [0.15, 0.2) is 6.67 Å². The normalized spacial score (nSPS) is 33.4. The Morgan fingerprint density at radius 3 is 2.64 bits per heavy atom. The van der Waals surface area contributed by atoms with Gasteiger partial charge >= 0.3 is 6.03 Å². The van der Waals surface area contributed by atoms with Crippen LogP contribution in [0.2, 0.25) is 5.02 Å². The molecule has 4 rings (SSSR count). The minimum absolute atomic E-state index is 0.00547. The van der Waals surface area contributed by atoms with Crippen molar-refractivity contribution in [3.8, 4) is 0 Å². The highest BCUT2D eigenvalue weighted by atomic mass is 35.5. The van der Waals surface area contributed by atoms with Gasteiger partial charge in [-0.3, -0.25) is 4.79 Å². The molecule has 1 aliphatic carbocycles. The number of carbonyl (C=O) groups excluding carboxylic acids is 2. The fraction of sp³-hybridized carbons (Fsp3) is 0.619. The van der Waals surface area contributed by atoms with Crippen molar-refractivity contribution in [3.63, 3.8) is 0 Å². The maximum absolute atomic E-state index is 13.1. The van der Waals surface area contributed by atoms with Crippen molar-refractivity contribution in [2.75, 3.05) is 32.8 Å². The average molecular weight is 407 g/mol. The molecule has 6 nitrogen and oxygen atoms in total. The number of hydrogen-bond acceptors (Lipinski definition) is 2. The first-order valence-electron chi connectivity index (χ1n) is 10.5. The highest BCUT2D eigenvalue weighted by Gasteiger charge is 2.55. The highest BCUT2D eigenvalue weighted by Crippen LogP contribution is 2.37. The Kier molecular flexibility index (Phi) is 5.63. The van der Waals surface area contributed by atoms with Crippen molar-refractivity contribution in [1.29, 1.82) is 0 Å². The molecular formula is C21H31ClN4O2+2. The molecule has 7 heteroatoms. The van der Waals surface area contributed by atoms with Crippen LogP contribution in [-0.4, -0.2) is 55.2 Å². The molecule has 3 aliphatic rings. The van der Waals surface area contributed by atoms with Crippen LogP contribution in [0.25, 0.3) is 0 Å². The average Bonchev–Trinajstić information content (AvgIpc) is 2.91. The minimum Gasteiger partial charge on any atom is -0.323 e. The monoisotopic (exact) mass is 406 g/mol. The summed E-state index contributed by atoms with van der Waals surface area (Å²) in [6.07, 6.45) is 3.96. The molecule has 1 aromatic carbocycles. The van der Waals surface area contributed by atoms with Crippen LogP contribution >= 0.6 is 11.6 Å². The van der Waals surface area contributed by atoms with Gasteiger partial charge in [-0.2, -0.15) is 0 Å². The third-order valence-electron chi connectivity index (χ3n) is 6.89. The Labute approximate surface area is 171 Å². The summed E-state index contributed by atoms with van der Waals surface area (Å²) in [7, 11) is 0. The van der Waals surface area contributed by atoms with Crippen LogP contribution in [0.4, 0.5) is 4.79 Å². The summed E-state index contributed by atoms with van der Waals surface area (Å²) in [4.78, 5) is 30.0. The predicted molar refractivity (Wildman–Crippen MR) is 107 cm³/mol. The van der Waals surface area contributed by atoms with Gasteiger partial charge in [-0.15, -0.1) is 0 Å². The molecule has 3 fully saturated rings. The molecule has 1 spiro atoms. The lowest BCUT2D eigenvalue weighted by molar-refractivity contribution is -1.02. The zero-order valence-electron chi connectivity index (χ0n) is 16.6. The van der Waals surface area contributed by atoms with E-state index in [1.54, 1.807) is 0 Å². The summed E-state index contributed by atoms with van der Waals surface area (Å²) in [5, 5.41) is 3.84. The first-order valence-corrected chi connectivity index (χ1v) is 10.9. The number of halogens is 1. The fourth-order valence-corrected chi connectivity index (χ4v) is 5.30. The topological polar surface area (TPSA) is 58.3 Å². The van der Waals surface area contributed by atoms with Crippen molar-refractivity contribution in [2.45, 2.75) is 44.7 Å². The van der Waals surface area contributed by atoms with E-state index >= 15 is 0 Å². The Morgan fingerprint density at radius 1 is 1.18 bits per heavy atom. The molecule has 0 radical (unpaired) electrons. The Bertz CT molecular complexity index is 750. The van der Waals surface area contributed by atoms with Crippen molar-refractivity contribution in [2.24, 2.45) is 5.92 Å². The van der Waals surface area contributed by atoms with Gasteiger partial charge < -0.3 is 15.1 Å². The number of imide groups is 1. The fourth-order valence-electron chi connectivity index (χ4n) is 5.09. The quantitative estimate of drug-likeness (QED) is 0.620. The molecule has 0 bridgehead atoms. The third-order valence-corrected chi connectivity index (χ3v) is 7.13. The molecule has 152 valence electrons. The number of urea groups is 1. The first kappa shape index (κ1) is 19.7.